The maximum absolute atomic E-state index is 11.7. The molecule has 0 heterocycles. The molecule has 0 unspecified atom stereocenters. The summed E-state index contributed by atoms with van der Waals surface area (Å²) in [6.45, 7) is 4.39. The number of unbranched alkanes of at least 4 members (excludes halogenated alkanes) is 9. The van der Waals surface area contributed by atoms with Crippen molar-refractivity contribution in [2.24, 2.45) is 0 Å². The molecule has 118 valence electrons. The maximum atomic E-state index is 11.7. The highest BCUT2D eigenvalue weighted by molar-refractivity contribution is 5.98. The highest BCUT2D eigenvalue weighted by Crippen LogP contribution is 2.10. The van der Waals surface area contributed by atoms with Crippen molar-refractivity contribution >= 4 is 11.6 Å². The first-order valence-corrected chi connectivity index (χ1v) is 8.74. The SMILES string of the molecule is CCCCCCCCC(=O)CC(=O)CCCCCCC. The topological polar surface area (TPSA) is 34.1 Å². The summed E-state index contributed by atoms with van der Waals surface area (Å²) in [7, 11) is 0. The molecular weight excluding hydrogens is 248 g/mol. The summed E-state index contributed by atoms with van der Waals surface area (Å²) in [6.07, 6.45) is 14.3. The van der Waals surface area contributed by atoms with E-state index in [1.54, 1.807) is 0 Å². The van der Waals surface area contributed by atoms with Crippen molar-refractivity contribution in [2.45, 2.75) is 104 Å². The van der Waals surface area contributed by atoms with Crippen LogP contribution in [-0.4, -0.2) is 11.6 Å². The van der Waals surface area contributed by atoms with Gasteiger partial charge in [0.1, 0.15) is 11.6 Å². The van der Waals surface area contributed by atoms with Crippen molar-refractivity contribution in [1.82, 2.24) is 0 Å². The highest BCUT2D eigenvalue weighted by atomic mass is 16.1. The lowest BCUT2D eigenvalue weighted by atomic mass is 10.0. The normalized spacial score (nSPS) is 10.7. The van der Waals surface area contributed by atoms with Crippen LogP contribution in [-0.2, 0) is 9.59 Å². The smallest absolute Gasteiger partial charge is 0.140 e. The molecule has 0 atom stereocenters. The first kappa shape index (κ1) is 19.3. The quantitative estimate of drug-likeness (QED) is 0.288. The van der Waals surface area contributed by atoms with Crippen molar-refractivity contribution in [3.63, 3.8) is 0 Å². The van der Waals surface area contributed by atoms with Gasteiger partial charge in [0.15, 0.2) is 0 Å². The zero-order valence-electron chi connectivity index (χ0n) is 13.7. The Morgan fingerprint density at radius 1 is 0.550 bits per heavy atom. The lowest BCUT2D eigenvalue weighted by Gasteiger charge is -2.02. The summed E-state index contributed by atoms with van der Waals surface area (Å²) in [5.74, 6) is 0.302. The number of ketones is 2. The lowest BCUT2D eigenvalue weighted by molar-refractivity contribution is -0.127. The van der Waals surface area contributed by atoms with Crippen molar-refractivity contribution in [1.29, 1.82) is 0 Å². The summed E-state index contributed by atoms with van der Waals surface area (Å²) in [4.78, 5) is 23.3. The van der Waals surface area contributed by atoms with Crippen LogP contribution in [0.3, 0.4) is 0 Å². The van der Waals surface area contributed by atoms with E-state index in [2.05, 4.69) is 13.8 Å². The molecule has 0 aliphatic heterocycles. The van der Waals surface area contributed by atoms with Gasteiger partial charge in [0.25, 0.3) is 0 Å². The second-order valence-corrected chi connectivity index (χ2v) is 5.94. The van der Waals surface area contributed by atoms with Crippen LogP contribution in [0.5, 0.6) is 0 Å². The summed E-state index contributed by atoms with van der Waals surface area (Å²) >= 11 is 0. The molecule has 2 heteroatoms. The van der Waals surface area contributed by atoms with E-state index < -0.39 is 0 Å². The van der Waals surface area contributed by atoms with Gasteiger partial charge in [-0.1, -0.05) is 71.6 Å². The molecule has 20 heavy (non-hydrogen) atoms. The highest BCUT2D eigenvalue weighted by Gasteiger charge is 2.08. The minimum Gasteiger partial charge on any atom is -0.299 e. The van der Waals surface area contributed by atoms with Crippen molar-refractivity contribution in [3.8, 4) is 0 Å². The number of hydrogen-bond acceptors (Lipinski definition) is 2. The maximum Gasteiger partial charge on any atom is 0.140 e. The molecule has 0 rings (SSSR count). The van der Waals surface area contributed by atoms with Gasteiger partial charge in [0.2, 0.25) is 0 Å². The van der Waals surface area contributed by atoms with Gasteiger partial charge in [-0.15, -0.1) is 0 Å². The predicted molar refractivity (Wildman–Crippen MR) is 86.0 cm³/mol. The number of carbonyl (C=O) groups excluding carboxylic acids is 2. The third-order valence-electron chi connectivity index (χ3n) is 3.76. The fourth-order valence-electron chi connectivity index (χ4n) is 2.42. The van der Waals surface area contributed by atoms with E-state index in [4.69, 9.17) is 0 Å². The molecule has 0 saturated carbocycles. The molecule has 0 N–H and O–H groups in total. The monoisotopic (exact) mass is 282 g/mol. The molecule has 0 saturated heterocycles. The Kier molecular flexibility index (Phi) is 14.3. The molecule has 0 radical (unpaired) electrons. The van der Waals surface area contributed by atoms with Gasteiger partial charge in [-0.3, -0.25) is 9.59 Å². The molecule has 2 nitrogen and oxygen atoms in total. The molecule has 0 aliphatic rings. The molecule has 0 aliphatic carbocycles. The Hall–Kier alpha value is -0.660. The molecule has 0 spiro atoms. The van der Waals surface area contributed by atoms with E-state index >= 15 is 0 Å². The van der Waals surface area contributed by atoms with E-state index in [1.165, 1.54) is 44.9 Å². The number of Topliss-reactive ketones (excluding diaryl/α,β-unsaturated/α-hetero) is 2. The van der Waals surface area contributed by atoms with Crippen LogP contribution in [0.4, 0.5) is 0 Å². The van der Waals surface area contributed by atoms with E-state index in [0.29, 0.717) is 12.8 Å². The minimum absolute atomic E-state index is 0.150. The Balaban J connectivity index is 3.38. The van der Waals surface area contributed by atoms with E-state index in [-0.39, 0.29) is 18.0 Å². The average Bonchev–Trinajstić information content (AvgIpc) is 2.42. The minimum atomic E-state index is 0.150. The van der Waals surface area contributed by atoms with Gasteiger partial charge in [-0.05, 0) is 12.8 Å². The summed E-state index contributed by atoms with van der Waals surface area (Å²) < 4.78 is 0. The lowest BCUT2D eigenvalue weighted by Crippen LogP contribution is -2.07. The standard InChI is InChI=1S/C18H34O2/c1-3-5-7-9-11-13-15-18(20)16-17(19)14-12-10-8-6-4-2/h3-16H2,1-2H3. The Bertz CT molecular complexity index is 246. The van der Waals surface area contributed by atoms with Gasteiger partial charge in [-0.2, -0.15) is 0 Å². The largest absolute Gasteiger partial charge is 0.299 e. The number of carbonyl (C=O) groups is 2. The second-order valence-electron chi connectivity index (χ2n) is 5.94. The Morgan fingerprint density at radius 3 is 1.30 bits per heavy atom. The summed E-state index contributed by atoms with van der Waals surface area (Å²) in [5, 5.41) is 0. The predicted octanol–water partition coefficient (Wildman–Crippen LogP) is 5.63. The number of hydrogen-bond donors (Lipinski definition) is 0. The van der Waals surface area contributed by atoms with Crippen LogP contribution in [0, 0.1) is 0 Å². The molecule has 0 fully saturated rings. The van der Waals surface area contributed by atoms with Crippen molar-refractivity contribution in [2.75, 3.05) is 0 Å². The van der Waals surface area contributed by atoms with Crippen molar-refractivity contribution < 1.29 is 9.59 Å². The van der Waals surface area contributed by atoms with Crippen LogP contribution < -0.4 is 0 Å². The first-order chi connectivity index (χ1) is 9.70. The molecule has 0 aromatic carbocycles. The van der Waals surface area contributed by atoms with E-state index in [0.717, 1.165) is 25.7 Å². The number of rotatable bonds is 15. The van der Waals surface area contributed by atoms with Gasteiger partial charge in [-0.25, -0.2) is 0 Å². The summed E-state index contributed by atoms with van der Waals surface area (Å²) in [5.41, 5.74) is 0. The first-order valence-electron chi connectivity index (χ1n) is 8.74. The Labute approximate surface area is 125 Å². The summed E-state index contributed by atoms with van der Waals surface area (Å²) in [6, 6.07) is 0. The third kappa shape index (κ3) is 13.8. The van der Waals surface area contributed by atoms with E-state index in [9.17, 15) is 9.59 Å². The van der Waals surface area contributed by atoms with Crippen LogP contribution in [0.2, 0.25) is 0 Å². The third-order valence-corrected chi connectivity index (χ3v) is 3.76. The van der Waals surface area contributed by atoms with Gasteiger partial charge in [0, 0.05) is 12.8 Å². The fourth-order valence-corrected chi connectivity index (χ4v) is 2.42. The van der Waals surface area contributed by atoms with Crippen LogP contribution >= 0.6 is 0 Å². The van der Waals surface area contributed by atoms with Crippen molar-refractivity contribution in [3.05, 3.63) is 0 Å². The molecule has 0 aromatic heterocycles. The zero-order chi connectivity index (χ0) is 15.1. The average molecular weight is 282 g/mol. The van der Waals surface area contributed by atoms with Crippen LogP contribution in [0.25, 0.3) is 0 Å². The van der Waals surface area contributed by atoms with Gasteiger partial charge >= 0.3 is 0 Å². The Morgan fingerprint density at radius 2 is 0.900 bits per heavy atom. The molecule has 0 amide bonds. The molecule has 0 bridgehead atoms. The second kappa shape index (κ2) is 14.7. The van der Waals surface area contributed by atoms with E-state index in [1.807, 2.05) is 0 Å². The van der Waals surface area contributed by atoms with Gasteiger partial charge < -0.3 is 0 Å². The van der Waals surface area contributed by atoms with Crippen LogP contribution in [0.1, 0.15) is 104 Å². The van der Waals surface area contributed by atoms with Crippen LogP contribution in [0.15, 0.2) is 0 Å². The zero-order valence-corrected chi connectivity index (χ0v) is 13.7. The van der Waals surface area contributed by atoms with Gasteiger partial charge in [0.05, 0.1) is 6.42 Å². The fraction of sp³-hybridized carbons (Fsp3) is 0.889. The molecule has 0 aromatic rings. The molecular formula is C18H34O2.